The number of nitrogens with zero attached hydrogens (tertiary/aromatic N) is 5. The molecular formula is C17H23N5O2. The number of allylic oxidation sites excluding steroid dienone is 1. The fraction of sp³-hybridized carbons (Fsp3) is 0.471. The first-order valence-electron chi connectivity index (χ1n) is 8.22. The van der Waals surface area contributed by atoms with Gasteiger partial charge in [-0.15, -0.1) is 6.58 Å². The van der Waals surface area contributed by atoms with Gasteiger partial charge in [-0.25, -0.2) is 4.79 Å². The molecule has 0 N–H and O–H groups in total. The average molecular weight is 329 g/mol. The quantitative estimate of drug-likeness (QED) is 0.670. The van der Waals surface area contributed by atoms with E-state index in [9.17, 15) is 9.59 Å². The van der Waals surface area contributed by atoms with Crippen LogP contribution in [0, 0.1) is 13.8 Å². The highest BCUT2D eigenvalue weighted by Crippen LogP contribution is 2.20. The lowest BCUT2D eigenvalue weighted by molar-refractivity contribution is 0.566. The van der Waals surface area contributed by atoms with Crippen LogP contribution in [0.2, 0.25) is 0 Å². The molecule has 0 bridgehead atoms. The molecule has 3 heterocycles. The average Bonchev–Trinajstić information content (AvgIpc) is 3.05. The number of aromatic nitrogens is 5. The smallest absolute Gasteiger partial charge is 0.310 e. The maximum absolute atomic E-state index is 13.0. The molecule has 128 valence electrons. The Morgan fingerprint density at radius 2 is 1.88 bits per heavy atom. The van der Waals surface area contributed by atoms with Gasteiger partial charge in [-0.2, -0.15) is 4.98 Å². The van der Waals surface area contributed by atoms with Gasteiger partial charge in [-0.05, 0) is 20.3 Å². The van der Waals surface area contributed by atoms with Crippen molar-refractivity contribution in [3.8, 4) is 0 Å². The van der Waals surface area contributed by atoms with Gasteiger partial charge < -0.3 is 4.57 Å². The van der Waals surface area contributed by atoms with Crippen molar-refractivity contribution < 1.29 is 0 Å². The number of hydrogen-bond acceptors (Lipinski definition) is 3. The molecule has 0 aliphatic carbocycles. The first-order chi connectivity index (χ1) is 11.4. The Morgan fingerprint density at radius 3 is 2.50 bits per heavy atom. The Hall–Kier alpha value is -2.57. The zero-order chi connectivity index (χ0) is 17.6. The lowest BCUT2D eigenvalue weighted by atomic mass is 10.3. The van der Waals surface area contributed by atoms with Crippen LogP contribution in [-0.2, 0) is 20.1 Å². The molecule has 7 heteroatoms. The molecule has 0 aliphatic rings. The van der Waals surface area contributed by atoms with E-state index in [0.29, 0.717) is 30.0 Å². The number of fused-ring (bicyclic) bond motifs is 3. The summed E-state index contributed by atoms with van der Waals surface area (Å²) >= 11 is 0. The SMILES string of the molecule is C=CCn1c(C)c(C)n2c3c(=O)n(CCCC)c(=O)n(C)c3nc12. The van der Waals surface area contributed by atoms with Crippen molar-refractivity contribution >= 4 is 16.9 Å². The largest absolute Gasteiger partial charge is 0.332 e. The first-order valence-corrected chi connectivity index (χ1v) is 8.22. The fourth-order valence-electron chi connectivity index (χ4n) is 3.18. The van der Waals surface area contributed by atoms with Crippen molar-refractivity contribution in [2.45, 2.75) is 46.7 Å². The van der Waals surface area contributed by atoms with E-state index in [1.807, 2.05) is 29.7 Å². The van der Waals surface area contributed by atoms with Crippen LogP contribution >= 0.6 is 0 Å². The van der Waals surface area contributed by atoms with E-state index >= 15 is 0 Å². The van der Waals surface area contributed by atoms with Crippen molar-refractivity contribution in [1.82, 2.24) is 23.1 Å². The number of hydrogen-bond donors (Lipinski definition) is 0. The van der Waals surface area contributed by atoms with Gasteiger partial charge in [0.25, 0.3) is 5.56 Å². The second-order valence-corrected chi connectivity index (χ2v) is 6.14. The molecule has 0 amide bonds. The fourth-order valence-corrected chi connectivity index (χ4v) is 3.18. The molecule has 3 rings (SSSR count). The molecule has 0 unspecified atom stereocenters. The Labute approximate surface area is 139 Å². The Kier molecular flexibility index (Phi) is 3.95. The van der Waals surface area contributed by atoms with Gasteiger partial charge in [0.2, 0.25) is 5.78 Å². The van der Waals surface area contributed by atoms with E-state index < -0.39 is 0 Å². The van der Waals surface area contributed by atoms with Crippen molar-refractivity contribution in [3.05, 3.63) is 44.9 Å². The summed E-state index contributed by atoms with van der Waals surface area (Å²) < 4.78 is 6.65. The molecule has 0 saturated carbocycles. The Bertz CT molecular complexity index is 1060. The summed E-state index contributed by atoms with van der Waals surface area (Å²) in [5, 5.41) is 0. The summed E-state index contributed by atoms with van der Waals surface area (Å²) in [6.45, 7) is 10.8. The van der Waals surface area contributed by atoms with Gasteiger partial charge >= 0.3 is 5.69 Å². The van der Waals surface area contributed by atoms with Crippen LogP contribution in [-0.4, -0.2) is 23.1 Å². The molecule has 24 heavy (non-hydrogen) atoms. The van der Waals surface area contributed by atoms with E-state index in [1.54, 1.807) is 13.1 Å². The van der Waals surface area contributed by atoms with Crippen molar-refractivity contribution in [2.75, 3.05) is 0 Å². The molecule has 0 saturated heterocycles. The number of imidazole rings is 2. The highest BCUT2D eigenvalue weighted by molar-refractivity contribution is 5.76. The van der Waals surface area contributed by atoms with Gasteiger partial charge in [0.15, 0.2) is 11.2 Å². The second-order valence-electron chi connectivity index (χ2n) is 6.14. The van der Waals surface area contributed by atoms with Gasteiger partial charge in [0.05, 0.1) is 0 Å². The summed E-state index contributed by atoms with van der Waals surface area (Å²) in [5.74, 6) is 0.667. The van der Waals surface area contributed by atoms with Crippen LogP contribution in [0.5, 0.6) is 0 Å². The predicted molar refractivity (Wildman–Crippen MR) is 94.8 cm³/mol. The van der Waals surface area contributed by atoms with E-state index in [2.05, 4.69) is 11.6 Å². The van der Waals surface area contributed by atoms with Crippen LogP contribution in [0.25, 0.3) is 16.9 Å². The molecule has 0 aromatic carbocycles. The van der Waals surface area contributed by atoms with Gasteiger partial charge in [-0.1, -0.05) is 19.4 Å². The van der Waals surface area contributed by atoms with E-state index in [-0.39, 0.29) is 11.2 Å². The van der Waals surface area contributed by atoms with Gasteiger partial charge in [-0.3, -0.25) is 18.3 Å². The van der Waals surface area contributed by atoms with Crippen molar-refractivity contribution in [3.63, 3.8) is 0 Å². The van der Waals surface area contributed by atoms with E-state index in [4.69, 9.17) is 0 Å². The first kappa shape index (κ1) is 16.3. The highest BCUT2D eigenvalue weighted by Gasteiger charge is 2.21. The molecule has 3 aromatic rings. The third kappa shape index (κ3) is 2.07. The van der Waals surface area contributed by atoms with Crippen LogP contribution < -0.4 is 11.2 Å². The van der Waals surface area contributed by atoms with Gasteiger partial charge in [0.1, 0.15) is 0 Å². The molecule has 0 aliphatic heterocycles. The third-order valence-electron chi connectivity index (χ3n) is 4.68. The second kappa shape index (κ2) is 5.81. The summed E-state index contributed by atoms with van der Waals surface area (Å²) in [6.07, 6.45) is 3.51. The molecule has 0 atom stereocenters. The predicted octanol–water partition coefficient (Wildman–Crippen LogP) is 1.75. The minimum absolute atomic E-state index is 0.270. The highest BCUT2D eigenvalue weighted by atomic mass is 16.2. The molecule has 0 spiro atoms. The normalized spacial score (nSPS) is 11.7. The van der Waals surface area contributed by atoms with Crippen molar-refractivity contribution in [1.29, 1.82) is 0 Å². The van der Waals surface area contributed by atoms with Gasteiger partial charge in [0, 0.05) is 31.5 Å². The summed E-state index contributed by atoms with van der Waals surface area (Å²) in [5.41, 5.74) is 2.29. The number of rotatable bonds is 5. The van der Waals surface area contributed by atoms with E-state index in [1.165, 1.54) is 9.13 Å². The molecule has 3 aromatic heterocycles. The van der Waals surface area contributed by atoms with Crippen molar-refractivity contribution in [2.24, 2.45) is 7.05 Å². The topological polar surface area (TPSA) is 66.2 Å². The maximum Gasteiger partial charge on any atom is 0.332 e. The Morgan fingerprint density at radius 1 is 1.17 bits per heavy atom. The lowest BCUT2D eigenvalue weighted by Gasteiger charge is -2.07. The maximum atomic E-state index is 13.0. The number of unbranched alkanes of at least 4 members (excludes halogenated alkanes) is 1. The molecular weight excluding hydrogens is 306 g/mol. The monoisotopic (exact) mass is 329 g/mol. The third-order valence-corrected chi connectivity index (χ3v) is 4.68. The molecule has 0 radical (unpaired) electrons. The minimum Gasteiger partial charge on any atom is -0.310 e. The standard InChI is InChI=1S/C17H23N5O2/c1-6-8-10-21-15(23)13-14(19(5)17(21)24)18-16-20(9-7-2)11(3)12(4)22(13)16/h7H,2,6,8-10H2,1,3-5H3. The summed E-state index contributed by atoms with van der Waals surface area (Å²) in [6, 6.07) is 0. The van der Waals surface area contributed by atoms with Crippen LogP contribution in [0.1, 0.15) is 31.2 Å². The molecule has 7 nitrogen and oxygen atoms in total. The van der Waals surface area contributed by atoms with Crippen LogP contribution in [0.4, 0.5) is 0 Å². The molecule has 0 fully saturated rings. The number of aryl methyl sites for hydroxylation is 2. The Balaban J connectivity index is 2.49. The zero-order valence-electron chi connectivity index (χ0n) is 14.7. The summed E-state index contributed by atoms with van der Waals surface area (Å²) in [7, 11) is 1.67. The summed E-state index contributed by atoms with van der Waals surface area (Å²) in [4.78, 5) is 30.1. The lowest BCUT2D eigenvalue weighted by Crippen LogP contribution is -2.39. The van der Waals surface area contributed by atoms with E-state index in [0.717, 1.165) is 24.2 Å². The minimum atomic E-state index is -0.314. The zero-order valence-corrected chi connectivity index (χ0v) is 14.7. The van der Waals surface area contributed by atoms with Crippen LogP contribution in [0.15, 0.2) is 22.2 Å². The van der Waals surface area contributed by atoms with Crippen LogP contribution in [0.3, 0.4) is 0 Å².